The molecule has 2 fully saturated rings. The number of thiophene rings is 1. The van der Waals surface area contributed by atoms with E-state index in [-0.39, 0.29) is 46.2 Å². The van der Waals surface area contributed by atoms with E-state index in [1.807, 2.05) is 16.3 Å². The largest absolute Gasteiger partial charge is 0.465 e. The van der Waals surface area contributed by atoms with Crippen LogP contribution in [0, 0.1) is 12.8 Å². The number of hydrogen-bond acceptors (Lipinski definition) is 7. The molecule has 4 rings (SSSR count). The van der Waals surface area contributed by atoms with Gasteiger partial charge in [-0.2, -0.15) is 11.3 Å². The van der Waals surface area contributed by atoms with Crippen molar-refractivity contribution in [2.45, 2.75) is 58.2 Å². The number of cyclic esters (lactones) is 1. The van der Waals surface area contributed by atoms with E-state index in [1.54, 1.807) is 24.3 Å². The summed E-state index contributed by atoms with van der Waals surface area (Å²) in [6.45, 7) is 7.42. The summed E-state index contributed by atoms with van der Waals surface area (Å²) in [5, 5.41) is 10.4. The normalized spacial score (nSPS) is 19.0. The fourth-order valence-corrected chi connectivity index (χ4v) is 6.43. The molecule has 0 spiro atoms. The summed E-state index contributed by atoms with van der Waals surface area (Å²) < 4.78 is 5.03. The van der Waals surface area contributed by atoms with E-state index in [2.05, 4.69) is 32.8 Å². The number of aromatic nitrogens is 1. The van der Waals surface area contributed by atoms with E-state index in [0.29, 0.717) is 43.8 Å². The predicted octanol–water partition coefficient (Wildman–Crippen LogP) is 4.51. The number of halogens is 2. The maximum absolute atomic E-state index is 13.2. The van der Waals surface area contributed by atoms with Crippen molar-refractivity contribution in [3.63, 3.8) is 0 Å². The molecular formula is C27H35Cl2N5O4S. The Morgan fingerprint density at radius 3 is 2.67 bits per heavy atom. The van der Waals surface area contributed by atoms with Crippen LogP contribution in [-0.2, 0) is 16.1 Å². The Kier molecular flexibility index (Phi) is 10.5. The topological polar surface area (TPSA) is 104 Å². The molecule has 3 amide bonds. The van der Waals surface area contributed by atoms with Crippen molar-refractivity contribution in [1.29, 1.82) is 0 Å². The van der Waals surface area contributed by atoms with Crippen molar-refractivity contribution in [3.05, 3.63) is 49.9 Å². The Morgan fingerprint density at radius 2 is 2.03 bits per heavy atom. The van der Waals surface area contributed by atoms with Crippen LogP contribution in [0.2, 0.25) is 10.3 Å². The van der Waals surface area contributed by atoms with E-state index < -0.39 is 0 Å². The SMILES string of the molecule is Cc1cc(Cl)nc(Cl)c1C(=O)NCC[C@@H](C)N1CCC(N(Cc2ccsc2)C(=O)NCC2CCOC2=O)CC1. The van der Waals surface area contributed by atoms with Crippen molar-refractivity contribution in [3.8, 4) is 0 Å². The average molecular weight is 597 g/mol. The number of ether oxygens (including phenoxy) is 1. The van der Waals surface area contributed by atoms with E-state index >= 15 is 0 Å². The maximum Gasteiger partial charge on any atom is 0.317 e. The fourth-order valence-electron chi connectivity index (χ4n) is 5.15. The third-order valence-corrected chi connectivity index (χ3v) is 8.72. The van der Waals surface area contributed by atoms with Gasteiger partial charge < -0.3 is 25.2 Å². The molecule has 12 heteroatoms. The number of likely N-dealkylation sites (tertiary alicyclic amines) is 1. The molecule has 2 N–H and O–H groups in total. The number of carbonyl (C=O) groups is 3. The van der Waals surface area contributed by atoms with Crippen LogP contribution in [0.5, 0.6) is 0 Å². The molecule has 4 heterocycles. The number of urea groups is 1. The molecule has 2 aliphatic heterocycles. The van der Waals surface area contributed by atoms with Gasteiger partial charge in [0.1, 0.15) is 10.3 Å². The average Bonchev–Trinajstić information content (AvgIpc) is 3.57. The molecule has 2 saturated heterocycles. The van der Waals surface area contributed by atoms with Gasteiger partial charge in [0.05, 0.1) is 18.1 Å². The number of aryl methyl sites for hydroxylation is 1. The highest BCUT2D eigenvalue weighted by Crippen LogP contribution is 2.24. The zero-order valence-electron chi connectivity index (χ0n) is 22.3. The van der Waals surface area contributed by atoms with Gasteiger partial charge in [0.25, 0.3) is 5.91 Å². The zero-order valence-corrected chi connectivity index (χ0v) is 24.6. The van der Waals surface area contributed by atoms with Crippen LogP contribution in [-0.4, -0.2) is 77.6 Å². The van der Waals surface area contributed by atoms with Crippen LogP contribution >= 0.6 is 34.5 Å². The summed E-state index contributed by atoms with van der Waals surface area (Å²) in [6.07, 6.45) is 3.13. The molecule has 39 heavy (non-hydrogen) atoms. The van der Waals surface area contributed by atoms with Gasteiger partial charge in [-0.05, 0) is 73.6 Å². The van der Waals surface area contributed by atoms with Crippen molar-refractivity contribution in [2.24, 2.45) is 5.92 Å². The van der Waals surface area contributed by atoms with Gasteiger partial charge in [0.2, 0.25) is 0 Å². The molecule has 2 aromatic rings. The van der Waals surface area contributed by atoms with Gasteiger partial charge in [-0.25, -0.2) is 9.78 Å². The lowest BCUT2D eigenvalue weighted by Crippen LogP contribution is -2.52. The Hall–Kier alpha value is -2.40. The number of nitrogens with one attached hydrogen (secondary N) is 2. The molecule has 9 nitrogen and oxygen atoms in total. The second kappa shape index (κ2) is 13.8. The van der Waals surface area contributed by atoms with Gasteiger partial charge in [-0.15, -0.1) is 0 Å². The first-order valence-corrected chi connectivity index (χ1v) is 15.0. The van der Waals surface area contributed by atoms with E-state index in [9.17, 15) is 14.4 Å². The van der Waals surface area contributed by atoms with Crippen LogP contribution in [0.1, 0.15) is 54.1 Å². The molecule has 2 atom stereocenters. The van der Waals surface area contributed by atoms with Crippen molar-refractivity contribution in [1.82, 2.24) is 25.4 Å². The Balaban J connectivity index is 1.26. The first-order valence-electron chi connectivity index (χ1n) is 13.3. The van der Waals surface area contributed by atoms with Gasteiger partial charge in [0.15, 0.2) is 0 Å². The van der Waals surface area contributed by atoms with Crippen LogP contribution in [0.15, 0.2) is 22.9 Å². The summed E-state index contributed by atoms with van der Waals surface area (Å²) in [7, 11) is 0. The van der Waals surface area contributed by atoms with E-state index in [4.69, 9.17) is 27.9 Å². The third kappa shape index (κ3) is 7.84. The second-order valence-electron chi connectivity index (χ2n) is 10.2. The summed E-state index contributed by atoms with van der Waals surface area (Å²) in [5.41, 5.74) is 2.14. The van der Waals surface area contributed by atoms with Crippen molar-refractivity contribution < 1.29 is 19.1 Å². The van der Waals surface area contributed by atoms with Crippen LogP contribution in [0.25, 0.3) is 0 Å². The highest BCUT2D eigenvalue weighted by molar-refractivity contribution is 7.07. The number of hydrogen-bond donors (Lipinski definition) is 2. The molecule has 2 aromatic heterocycles. The van der Waals surface area contributed by atoms with Crippen LogP contribution < -0.4 is 10.6 Å². The van der Waals surface area contributed by atoms with E-state index in [0.717, 1.165) is 37.9 Å². The molecule has 0 radical (unpaired) electrons. The van der Waals surface area contributed by atoms with Crippen molar-refractivity contribution in [2.75, 3.05) is 32.8 Å². The number of rotatable bonds is 10. The number of amides is 3. The first kappa shape index (κ1) is 29.6. The fraction of sp³-hybridized carbons (Fsp3) is 0.556. The monoisotopic (exact) mass is 595 g/mol. The van der Waals surface area contributed by atoms with Gasteiger partial charge in [0, 0.05) is 44.8 Å². The number of piperidine rings is 1. The molecule has 212 valence electrons. The molecule has 0 aliphatic carbocycles. The van der Waals surface area contributed by atoms with Crippen LogP contribution in [0.4, 0.5) is 4.79 Å². The summed E-state index contributed by atoms with van der Waals surface area (Å²) in [6, 6.07) is 3.89. The minimum Gasteiger partial charge on any atom is -0.465 e. The molecule has 0 bridgehead atoms. The lowest BCUT2D eigenvalue weighted by Gasteiger charge is -2.40. The highest BCUT2D eigenvalue weighted by atomic mass is 35.5. The van der Waals surface area contributed by atoms with E-state index in [1.165, 1.54) is 0 Å². The maximum atomic E-state index is 13.2. The smallest absolute Gasteiger partial charge is 0.317 e. The molecular weight excluding hydrogens is 561 g/mol. The standard InChI is InChI=1S/C27H35Cl2N5O4S/c1-17-13-22(28)32-24(29)23(17)25(35)30-8-3-18(2)33-9-4-21(5-10-33)34(15-19-7-12-39-16-19)27(37)31-14-20-6-11-38-26(20)36/h7,12-13,16,18,20-21H,3-6,8-11,14-15H2,1-2H3,(H,30,35)(H,31,37)/t18-,20?/m1/s1. The minimum absolute atomic E-state index is 0.103. The Labute approximate surface area is 243 Å². The first-order chi connectivity index (χ1) is 18.7. The molecule has 0 saturated carbocycles. The highest BCUT2D eigenvalue weighted by Gasteiger charge is 2.32. The Bertz CT molecular complexity index is 1130. The third-order valence-electron chi connectivity index (χ3n) is 7.52. The number of esters is 1. The van der Waals surface area contributed by atoms with Gasteiger partial charge in [-0.1, -0.05) is 23.2 Å². The van der Waals surface area contributed by atoms with Gasteiger partial charge in [-0.3, -0.25) is 9.59 Å². The van der Waals surface area contributed by atoms with Gasteiger partial charge >= 0.3 is 12.0 Å². The lowest BCUT2D eigenvalue weighted by molar-refractivity contribution is -0.141. The molecule has 2 aliphatic rings. The lowest BCUT2D eigenvalue weighted by atomic mass is 10.0. The minimum atomic E-state index is -0.268. The second-order valence-corrected chi connectivity index (χ2v) is 11.7. The summed E-state index contributed by atoms with van der Waals surface area (Å²) >= 11 is 13.7. The quantitative estimate of drug-likeness (QED) is 0.309. The molecule has 1 unspecified atom stereocenters. The molecule has 0 aromatic carbocycles. The number of carbonyl (C=O) groups excluding carboxylic acids is 3. The Morgan fingerprint density at radius 1 is 1.26 bits per heavy atom. The zero-order chi connectivity index (χ0) is 27.9. The summed E-state index contributed by atoms with van der Waals surface area (Å²) in [5.74, 6) is -0.759. The summed E-state index contributed by atoms with van der Waals surface area (Å²) in [4.78, 5) is 46.0. The number of pyridine rings is 1. The number of nitrogens with zero attached hydrogens (tertiary/aromatic N) is 3. The van der Waals surface area contributed by atoms with Crippen LogP contribution in [0.3, 0.4) is 0 Å². The predicted molar refractivity (Wildman–Crippen MR) is 152 cm³/mol. The van der Waals surface area contributed by atoms with Crippen molar-refractivity contribution >= 4 is 52.4 Å².